The zero-order valence-corrected chi connectivity index (χ0v) is 6.37. The third-order valence-electron chi connectivity index (χ3n) is 1.18. The van der Waals surface area contributed by atoms with Crippen LogP contribution in [-0.4, -0.2) is 21.8 Å². The van der Waals surface area contributed by atoms with E-state index in [2.05, 4.69) is 10.3 Å². The van der Waals surface area contributed by atoms with Crippen LogP contribution >= 0.6 is 0 Å². The van der Waals surface area contributed by atoms with Gasteiger partial charge in [0, 0.05) is 5.92 Å². The first kappa shape index (κ1) is 8.94. The van der Waals surface area contributed by atoms with E-state index in [0.29, 0.717) is 11.4 Å². The highest BCUT2D eigenvalue weighted by molar-refractivity contribution is 6.41. The Bertz CT molecular complexity index is 161. The average Bonchev–Trinajstić information content (AvgIpc) is 1.88. The van der Waals surface area contributed by atoms with Gasteiger partial charge in [0.1, 0.15) is 11.4 Å². The molecule has 58 valence electrons. The van der Waals surface area contributed by atoms with Crippen molar-refractivity contribution in [1.82, 2.24) is 0 Å². The summed E-state index contributed by atoms with van der Waals surface area (Å²) in [5.41, 5.74) is 0.750. The molecule has 0 aromatic carbocycles. The molecule has 0 aliphatic rings. The summed E-state index contributed by atoms with van der Waals surface area (Å²) in [6, 6.07) is 0. The number of oxime groups is 2. The van der Waals surface area contributed by atoms with Gasteiger partial charge in [-0.05, 0) is 6.92 Å². The van der Waals surface area contributed by atoms with Crippen molar-refractivity contribution >= 4 is 11.4 Å². The molecule has 0 heterocycles. The minimum absolute atomic E-state index is 0.0703. The fourth-order valence-electron chi connectivity index (χ4n) is 0.657. The molecule has 0 saturated heterocycles. The first-order valence-corrected chi connectivity index (χ1v) is 3.04. The van der Waals surface area contributed by atoms with Gasteiger partial charge < -0.3 is 10.4 Å². The standard InChI is InChI=1S/C6H12N2O2/c1-4(2)6(8-10)5(3)7-9/h4,9-10H,1-3H3/b7-5-,8-6-. The third kappa shape index (κ3) is 2.05. The van der Waals surface area contributed by atoms with E-state index in [1.807, 2.05) is 13.8 Å². The second-order valence-electron chi connectivity index (χ2n) is 2.33. The van der Waals surface area contributed by atoms with Gasteiger partial charge in [0.2, 0.25) is 0 Å². The lowest BCUT2D eigenvalue weighted by molar-refractivity contribution is 0.311. The summed E-state index contributed by atoms with van der Waals surface area (Å²) in [5, 5.41) is 22.6. The van der Waals surface area contributed by atoms with Crippen molar-refractivity contribution in [3.8, 4) is 0 Å². The number of rotatable bonds is 2. The lowest BCUT2D eigenvalue weighted by Crippen LogP contribution is -2.17. The van der Waals surface area contributed by atoms with Crippen LogP contribution in [0.3, 0.4) is 0 Å². The quantitative estimate of drug-likeness (QED) is 0.348. The Labute approximate surface area is 59.9 Å². The van der Waals surface area contributed by atoms with Gasteiger partial charge in [-0.1, -0.05) is 24.2 Å². The van der Waals surface area contributed by atoms with Crippen LogP contribution in [0.1, 0.15) is 20.8 Å². The van der Waals surface area contributed by atoms with Crippen molar-refractivity contribution in [2.75, 3.05) is 0 Å². The molecule has 0 aromatic heterocycles. The first-order valence-electron chi connectivity index (χ1n) is 3.04. The van der Waals surface area contributed by atoms with Crippen molar-refractivity contribution in [1.29, 1.82) is 0 Å². The highest BCUT2D eigenvalue weighted by Gasteiger charge is 2.09. The summed E-state index contributed by atoms with van der Waals surface area (Å²) in [7, 11) is 0. The molecule has 10 heavy (non-hydrogen) atoms. The van der Waals surface area contributed by atoms with E-state index >= 15 is 0 Å². The fraction of sp³-hybridized carbons (Fsp3) is 0.667. The van der Waals surface area contributed by atoms with Gasteiger partial charge in [-0.3, -0.25) is 0 Å². The molecule has 0 unspecified atom stereocenters. The maximum atomic E-state index is 8.39. The molecule has 0 bridgehead atoms. The molecule has 0 aromatic rings. The van der Waals surface area contributed by atoms with Gasteiger partial charge in [-0.15, -0.1) is 0 Å². The molecular weight excluding hydrogens is 132 g/mol. The Morgan fingerprint density at radius 1 is 1.20 bits per heavy atom. The van der Waals surface area contributed by atoms with E-state index < -0.39 is 0 Å². The Hall–Kier alpha value is -1.06. The highest BCUT2D eigenvalue weighted by atomic mass is 16.4. The van der Waals surface area contributed by atoms with Gasteiger partial charge >= 0.3 is 0 Å². The van der Waals surface area contributed by atoms with Crippen LogP contribution in [0.5, 0.6) is 0 Å². The smallest absolute Gasteiger partial charge is 0.107 e. The Balaban J connectivity index is 4.39. The lowest BCUT2D eigenvalue weighted by Gasteiger charge is -2.03. The van der Waals surface area contributed by atoms with E-state index in [1.54, 1.807) is 6.92 Å². The van der Waals surface area contributed by atoms with Crippen LogP contribution in [0.2, 0.25) is 0 Å². The molecule has 0 radical (unpaired) electrons. The molecule has 0 aliphatic heterocycles. The normalized spacial score (nSPS) is 14.4. The van der Waals surface area contributed by atoms with Crippen LogP contribution in [0.4, 0.5) is 0 Å². The van der Waals surface area contributed by atoms with Crippen molar-refractivity contribution in [3.63, 3.8) is 0 Å². The highest BCUT2D eigenvalue weighted by Crippen LogP contribution is 1.98. The fourth-order valence-corrected chi connectivity index (χ4v) is 0.657. The van der Waals surface area contributed by atoms with Crippen LogP contribution in [0.15, 0.2) is 10.3 Å². The van der Waals surface area contributed by atoms with E-state index in [-0.39, 0.29) is 5.92 Å². The van der Waals surface area contributed by atoms with E-state index in [1.165, 1.54) is 0 Å². The van der Waals surface area contributed by atoms with Crippen LogP contribution in [0, 0.1) is 5.92 Å². The molecule has 0 rings (SSSR count). The summed E-state index contributed by atoms with van der Waals surface area (Å²) in [6.45, 7) is 5.28. The van der Waals surface area contributed by atoms with Gasteiger partial charge in [-0.2, -0.15) is 0 Å². The lowest BCUT2D eigenvalue weighted by atomic mass is 10.1. The maximum absolute atomic E-state index is 8.39. The summed E-state index contributed by atoms with van der Waals surface area (Å²) in [5.74, 6) is 0.0703. The van der Waals surface area contributed by atoms with Gasteiger partial charge in [0.15, 0.2) is 0 Å². The molecule has 0 spiro atoms. The van der Waals surface area contributed by atoms with Gasteiger partial charge in [-0.25, -0.2) is 0 Å². The second kappa shape index (κ2) is 3.87. The molecule has 4 nitrogen and oxygen atoms in total. The molecule has 0 aliphatic carbocycles. The maximum Gasteiger partial charge on any atom is 0.107 e. The Morgan fingerprint density at radius 3 is 1.80 bits per heavy atom. The third-order valence-corrected chi connectivity index (χ3v) is 1.18. The summed E-state index contributed by atoms with van der Waals surface area (Å²) < 4.78 is 0. The molecule has 0 atom stereocenters. The summed E-state index contributed by atoms with van der Waals surface area (Å²) in [4.78, 5) is 0. The average molecular weight is 144 g/mol. The van der Waals surface area contributed by atoms with Gasteiger partial charge in [0.05, 0.1) is 0 Å². The SMILES string of the molecule is CC(=N/O)/C(=N\O)C(C)C. The minimum atomic E-state index is 0.0703. The van der Waals surface area contributed by atoms with Crippen molar-refractivity contribution in [3.05, 3.63) is 0 Å². The van der Waals surface area contributed by atoms with Crippen LogP contribution in [0.25, 0.3) is 0 Å². The monoisotopic (exact) mass is 144 g/mol. The predicted molar refractivity (Wildman–Crippen MR) is 39.0 cm³/mol. The number of hydrogen-bond acceptors (Lipinski definition) is 4. The molecule has 4 heteroatoms. The molecule has 2 N–H and O–H groups in total. The zero-order chi connectivity index (χ0) is 8.15. The van der Waals surface area contributed by atoms with Gasteiger partial charge in [0.25, 0.3) is 0 Å². The Morgan fingerprint density at radius 2 is 1.70 bits per heavy atom. The van der Waals surface area contributed by atoms with Crippen molar-refractivity contribution in [2.24, 2.45) is 16.2 Å². The van der Waals surface area contributed by atoms with Crippen LogP contribution < -0.4 is 0 Å². The topological polar surface area (TPSA) is 65.2 Å². The molecule has 0 amide bonds. The second-order valence-corrected chi connectivity index (χ2v) is 2.33. The Kier molecular flexibility index (Phi) is 3.46. The summed E-state index contributed by atoms with van der Waals surface area (Å²) in [6.07, 6.45) is 0. The van der Waals surface area contributed by atoms with E-state index in [0.717, 1.165) is 0 Å². The van der Waals surface area contributed by atoms with Crippen molar-refractivity contribution < 1.29 is 10.4 Å². The molecule has 0 fully saturated rings. The van der Waals surface area contributed by atoms with E-state index in [4.69, 9.17) is 10.4 Å². The van der Waals surface area contributed by atoms with E-state index in [9.17, 15) is 0 Å². The summed E-state index contributed by atoms with van der Waals surface area (Å²) >= 11 is 0. The van der Waals surface area contributed by atoms with Crippen LogP contribution in [-0.2, 0) is 0 Å². The zero-order valence-electron chi connectivity index (χ0n) is 6.37. The number of nitrogens with zero attached hydrogens (tertiary/aromatic N) is 2. The molecule has 0 saturated carbocycles. The first-order chi connectivity index (χ1) is 4.63. The largest absolute Gasteiger partial charge is 0.411 e. The molecular formula is C6H12N2O2. The number of hydrogen-bond donors (Lipinski definition) is 2. The predicted octanol–water partition coefficient (Wildman–Crippen LogP) is 1.32. The minimum Gasteiger partial charge on any atom is -0.411 e. The van der Waals surface area contributed by atoms with Crippen molar-refractivity contribution in [2.45, 2.75) is 20.8 Å².